The van der Waals surface area contributed by atoms with Gasteiger partial charge in [0, 0.05) is 5.56 Å². The second kappa shape index (κ2) is 7.25. The summed E-state index contributed by atoms with van der Waals surface area (Å²) in [7, 11) is 1.47. The van der Waals surface area contributed by atoms with Crippen LogP contribution in [0.25, 0.3) is 11.3 Å². The lowest BCUT2D eigenvalue weighted by molar-refractivity contribution is -0.145. The third-order valence-electron chi connectivity index (χ3n) is 2.87. The maximum Gasteiger partial charge on any atom is 0.344 e. The summed E-state index contributed by atoms with van der Waals surface area (Å²) in [5, 5.41) is 9.96. The van der Waals surface area contributed by atoms with Crippen molar-refractivity contribution < 1.29 is 23.8 Å². The number of nitrogens with zero attached hydrogens (tertiary/aromatic N) is 2. The first-order valence-electron chi connectivity index (χ1n) is 6.74. The van der Waals surface area contributed by atoms with Crippen LogP contribution in [0.4, 0.5) is 0 Å². The van der Waals surface area contributed by atoms with E-state index in [1.165, 1.54) is 7.11 Å². The Morgan fingerprint density at radius 1 is 1.26 bits per heavy atom. The van der Waals surface area contributed by atoms with Crippen LogP contribution in [0.15, 0.2) is 18.2 Å². The fourth-order valence-corrected chi connectivity index (χ4v) is 1.88. The number of esters is 1. The summed E-state index contributed by atoms with van der Waals surface area (Å²) in [6.07, 6.45) is 0. The molecule has 1 heterocycles. The normalized spacial score (nSPS) is 10.2. The van der Waals surface area contributed by atoms with E-state index in [0.717, 1.165) is 0 Å². The molecule has 0 fully saturated rings. The highest BCUT2D eigenvalue weighted by Crippen LogP contribution is 2.32. The first kappa shape index (κ1) is 16.3. The third-order valence-corrected chi connectivity index (χ3v) is 2.87. The van der Waals surface area contributed by atoms with Gasteiger partial charge >= 0.3 is 5.97 Å². The van der Waals surface area contributed by atoms with E-state index < -0.39 is 11.9 Å². The number of ether oxygens (including phenoxy) is 3. The van der Waals surface area contributed by atoms with E-state index in [4.69, 9.17) is 19.9 Å². The van der Waals surface area contributed by atoms with E-state index in [1.54, 1.807) is 25.1 Å². The highest BCUT2D eigenvalue weighted by Gasteiger charge is 2.17. The first-order chi connectivity index (χ1) is 11.1. The van der Waals surface area contributed by atoms with E-state index in [0.29, 0.717) is 17.1 Å². The molecule has 9 heteroatoms. The number of rotatable bonds is 7. The summed E-state index contributed by atoms with van der Waals surface area (Å²) >= 11 is 0. The molecular weight excluding hydrogens is 304 g/mol. The number of methoxy groups -OCH3 is 1. The number of aromatic amines is 1. The predicted molar refractivity (Wildman–Crippen MR) is 79.0 cm³/mol. The van der Waals surface area contributed by atoms with Crippen LogP contribution in [-0.2, 0) is 9.53 Å². The van der Waals surface area contributed by atoms with Gasteiger partial charge in [-0.05, 0) is 25.1 Å². The smallest absolute Gasteiger partial charge is 0.344 e. The first-order valence-corrected chi connectivity index (χ1v) is 6.74. The van der Waals surface area contributed by atoms with Crippen LogP contribution in [0.1, 0.15) is 17.4 Å². The number of nitrogens with one attached hydrogen (secondary N) is 1. The number of nitrogens with two attached hydrogens (primary N) is 1. The number of primary amides is 1. The lowest BCUT2D eigenvalue weighted by Gasteiger charge is -2.11. The molecule has 0 aliphatic rings. The molecule has 0 radical (unpaired) electrons. The number of H-pyrrole nitrogens is 1. The fourth-order valence-electron chi connectivity index (χ4n) is 1.88. The lowest BCUT2D eigenvalue weighted by Crippen LogP contribution is -2.15. The second-order valence-electron chi connectivity index (χ2n) is 4.34. The van der Waals surface area contributed by atoms with Gasteiger partial charge in [0.05, 0.1) is 13.7 Å². The standard InChI is InChI=1S/C14H16N4O5/c1-3-22-11(19)7-23-10-6-8(4-5-9(10)21-2)12-13(14(15)20)17-18-16-12/h4-6H,3,7H2,1-2H3,(H2,15,20)(H,16,17,18). The Labute approximate surface area is 131 Å². The van der Waals surface area contributed by atoms with Crippen molar-refractivity contribution >= 4 is 11.9 Å². The van der Waals surface area contributed by atoms with Crippen molar-refractivity contribution in [1.29, 1.82) is 0 Å². The number of benzene rings is 1. The van der Waals surface area contributed by atoms with Crippen molar-refractivity contribution in [2.45, 2.75) is 6.92 Å². The van der Waals surface area contributed by atoms with Crippen molar-refractivity contribution in [3.05, 3.63) is 23.9 Å². The number of hydrogen-bond donors (Lipinski definition) is 2. The van der Waals surface area contributed by atoms with Gasteiger partial charge in [0.15, 0.2) is 23.8 Å². The van der Waals surface area contributed by atoms with Gasteiger partial charge in [-0.25, -0.2) is 4.79 Å². The average Bonchev–Trinajstić information content (AvgIpc) is 3.02. The minimum Gasteiger partial charge on any atom is -0.493 e. The number of carbonyl (C=O) groups excluding carboxylic acids is 2. The molecule has 122 valence electrons. The molecule has 3 N–H and O–H groups in total. The SMILES string of the molecule is CCOC(=O)COc1cc(-c2n[nH]nc2C(N)=O)ccc1OC. The quantitative estimate of drug-likeness (QED) is 0.711. The Bertz CT molecular complexity index is 713. The van der Waals surface area contributed by atoms with E-state index in [2.05, 4.69) is 15.4 Å². The van der Waals surface area contributed by atoms with Gasteiger partial charge < -0.3 is 19.9 Å². The van der Waals surface area contributed by atoms with Gasteiger partial charge in [0.1, 0.15) is 5.69 Å². The van der Waals surface area contributed by atoms with Crippen molar-refractivity contribution in [3.8, 4) is 22.8 Å². The molecular formula is C14H16N4O5. The highest BCUT2D eigenvalue weighted by atomic mass is 16.6. The van der Waals surface area contributed by atoms with Crippen LogP contribution >= 0.6 is 0 Å². The molecule has 1 aromatic carbocycles. The number of amides is 1. The lowest BCUT2D eigenvalue weighted by atomic mass is 10.1. The Kier molecular flexibility index (Phi) is 5.13. The third kappa shape index (κ3) is 3.76. The average molecular weight is 320 g/mol. The molecule has 0 bridgehead atoms. The monoisotopic (exact) mass is 320 g/mol. The molecule has 2 rings (SSSR count). The molecule has 0 unspecified atom stereocenters. The molecule has 0 spiro atoms. The van der Waals surface area contributed by atoms with Gasteiger partial charge in [-0.3, -0.25) is 4.79 Å². The van der Waals surface area contributed by atoms with E-state index in [9.17, 15) is 9.59 Å². The van der Waals surface area contributed by atoms with Gasteiger partial charge in [-0.1, -0.05) is 0 Å². The zero-order valence-corrected chi connectivity index (χ0v) is 12.7. The van der Waals surface area contributed by atoms with Crippen LogP contribution in [0, 0.1) is 0 Å². The van der Waals surface area contributed by atoms with Crippen LogP contribution in [0.5, 0.6) is 11.5 Å². The molecule has 9 nitrogen and oxygen atoms in total. The number of aromatic nitrogens is 3. The molecule has 0 atom stereocenters. The molecule has 1 amide bonds. The summed E-state index contributed by atoms with van der Waals surface area (Å²) in [4.78, 5) is 22.7. The summed E-state index contributed by atoms with van der Waals surface area (Å²) in [6.45, 7) is 1.70. The largest absolute Gasteiger partial charge is 0.493 e. The predicted octanol–water partition coefficient (Wildman–Crippen LogP) is 0.521. The highest BCUT2D eigenvalue weighted by molar-refractivity contribution is 5.96. The Morgan fingerprint density at radius 3 is 2.70 bits per heavy atom. The maximum absolute atomic E-state index is 11.4. The zero-order valence-electron chi connectivity index (χ0n) is 12.7. The molecule has 2 aromatic rings. The van der Waals surface area contributed by atoms with Crippen LogP contribution in [0.3, 0.4) is 0 Å². The van der Waals surface area contributed by atoms with E-state index in [-0.39, 0.29) is 24.6 Å². The topological polar surface area (TPSA) is 129 Å². The molecule has 0 saturated carbocycles. The van der Waals surface area contributed by atoms with Crippen LogP contribution in [0.2, 0.25) is 0 Å². The van der Waals surface area contributed by atoms with Crippen LogP contribution < -0.4 is 15.2 Å². The van der Waals surface area contributed by atoms with Crippen molar-refractivity contribution in [2.24, 2.45) is 5.73 Å². The molecule has 1 aromatic heterocycles. The van der Waals surface area contributed by atoms with Crippen molar-refractivity contribution in [2.75, 3.05) is 20.3 Å². The van der Waals surface area contributed by atoms with E-state index in [1.807, 2.05) is 0 Å². The second-order valence-corrected chi connectivity index (χ2v) is 4.34. The number of hydrogen-bond acceptors (Lipinski definition) is 7. The van der Waals surface area contributed by atoms with Gasteiger partial charge in [0.25, 0.3) is 5.91 Å². The molecule has 0 saturated heterocycles. The molecule has 23 heavy (non-hydrogen) atoms. The summed E-state index contributed by atoms with van der Waals surface area (Å²) in [5.74, 6) is -0.489. The maximum atomic E-state index is 11.4. The molecule has 0 aliphatic carbocycles. The summed E-state index contributed by atoms with van der Waals surface area (Å²) in [5.41, 5.74) is 6.06. The Morgan fingerprint density at radius 2 is 2.04 bits per heavy atom. The van der Waals surface area contributed by atoms with Gasteiger partial charge in [-0.15, -0.1) is 0 Å². The zero-order chi connectivity index (χ0) is 16.8. The minimum atomic E-state index is -0.710. The summed E-state index contributed by atoms with van der Waals surface area (Å²) in [6, 6.07) is 4.86. The van der Waals surface area contributed by atoms with Gasteiger partial charge in [0.2, 0.25) is 0 Å². The number of carbonyl (C=O) groups is 2. The molecule has 0 aliphatic heterocycles. The Hall–Kier alpha value is -3.10. The van der Waals surface area contributed by atoms with Crippen molar-refractivity contribution in [1.82, 2.24) is 15.4 Å². The van der Waals surface area contributed by atoms with E-state index >= 15 is 0 Å². The van der Waals surface area contributed by atoms with Crippen LogP contribution in [-0.4, -0.2) is 47.6 Å². The fraction of sp³-hybridized carbons (Fsp3) is 0.286. The Balaban J connectivity index is 2.29. The summed E-state index contributed by atoms with van der Waals surface area (Å²) < 4.78 is 15.4. The van der Waals surface area contributed by atoms with Crippen molar-refractivity contribution in [3.63, 3.8) is 0 Å². The minimum absolute atomic E-state index is 0.00603. The van der Waals surface area contributed by atoms with Gasteiger partial charge in [-0.2, -0.15) is 15.4 Å².